The normalized spacial score (nSPS) is 16.2. The van der Waals surface area contributed by atoms with Gasteiger partial charge in [-0.2, -0.15) is 5.10 Å². The van der Waals surface area contributed by atoms with E-state index in [4.69, 9.17) is 4.74 Å². The first-order valence-electron chi connectivity index (χ1n) is 5.42. The smallest absolute Gasteiger partial charge is 0.157 e. The van der Waals surface area contributed by atoms with Gasteiger partial charge in [-0.3, -0.25) is 4.68 Å². The molecule has 0 atom stereocenters. The van der Waals surface area contributed by atoms with E-state index in [0.717, 1.165) is 18.3 Å². The van der Waals surface area contributed by atoms with Crippen molar-refractivity contribution in [3.8, 4) is 5.75 Å². The van der Waals surface area contributed by atoms with Crippen LogP contribution in [0, 0.1) is 5.92 Å². The van der Waals surface area contributed by atoms with Gasteiger partial charge in [0.15, 0.2) is 5.75 Å². The zero-order valence-electron chi connectivity index (χ0n) is 8.94. The Bertz CT molecular complexity index is 289. The summed E-state index contributed by atoms with van der Waals surface area (Å²) in [5.41, 5.74) is 0. The molecule has 1 heterocycles. The van der Waals surface area contributed by atoms with Gasteiger partial charge in [0.05, 0.1) is 19.0 Å². The average molecular weight is 194 g/mol. The molecule has 1 fully saturated rings. The van der Waals surface area contributed by atoms with E-state index in [2.05, 4.69) is 18.9 Å². The fraction of sp³-hybridized carbons (Fsp3) is 0.727. The maximum atomic E-state index is 5.60. The first-order valence-corrected chi connectivity index (χ1v) is 5.42. The Balaban J connectivity index is 1.77. The highest BCUT2D eigenvalue weighted by atomic mass is 16.5. The largest absolute Gasteiger partial charge is 0.490 e. The lowest BCUT2D eigenvalue weighted by molar-refractivity contribution is 0.302. The number of ether oxygens (including phenoxy) is 1. The third-order valence-corrected chi connectivity index (χ3v) is 2.60. The standard InChI is InChI=1S/C11H18N2O/c1-9(2)13-8-11(7-12-13)14-6-5-10-3-4-10/h7-10H,3-6H2,1-2H3. The van der Waals surface area contributed by atoms with E-state index in [0.29, 0.717) is 6.04 Å². The van der Waals surface area contributed by atoms with Crippen LogP contribution in [-0.2, 0) is 0 Å². The summed E-state index contributed by atoms with van der Waals surface area (Å²) in [5.74, 6) is 1.84. The van der Waals surface area contributed by atoms with Gasteiger partial charge in [0.25, 0.3) is 0 Å². The van der Waals surface area contributed by atoms with Crippen LogP contribution in [0.4, 0.5) is 0 Å². The Morgan fingerprint density at radius 3 is 2.93 bits per heavy atom. The summed E-state index contributed by atoms with van der Waals surface area (Å²) >= 11 is 0. The van der Waals surface area contributed by atoms with Crippen molar-refractivity contribution >= 4 is 0 Å². The van der Waals surface area contributed by atoms with Crippen LogP contribution in [-0.4, -0.2) is 16.4 Å². The summed E-state index contributed by atoms with van der Waals surface area (Å²) in [4.78, 5) is 0. The maximum Gasteiger partial charge on any atom is 0.157 e. The maximum absolute atomic E-state index is 5.60. The lowest BCUT2D eigenvalue weighted by atomic mass is 10.3. The van der Waals surface area contributed by atoms with Crippen molar-refractivity contribution < 1.29 is 4.74 Å². The zero-order valence-corrected chi connectivity index (χ0v) is 8.94. The molecule has 0 spiro atoms. The molecule has 1 aliphatic carbocycles. The van der Waals surface area contributed by atoms with Crippen LogP contribution in [0.5, 0.6) is 5.75 Å². The second kappa shape index (κ2) is 4.03. The van der Waals surface area contributed by atoms with Crippen LogP contribution in [0.2, 0.25) is 0 Å². The highest BCUT2D eigenvalue weighted by molar-refractivity contribution is 5.11. The molecule has 0 N–H and O–H groups in total. The third kappa shape index (κ3) is 2.50. The molecule has 0 amide bonds. The number of hydrogen-bond acceptors (Lipinski definition) is 2. The molecular formula is C11H18N2O. The molecule has 1 aliphatic rings. The predicted octanol–water partition coefficient (Wildman–Crippen LogP) is 2.64. The van der Waals surface area contributed by atoms with E-state index in [1.807, 2.05) is 10.9 Å². The summed E-state index contributed by atoms with van der Waals surface area (Å²) < 4.78 is 7.53. The second-order valence-corrected chi connectivity index (χ2v) is 4.33. The van der Waals surface area contributed by atoms with E-state index in [9.17, 15) is 0 Å². The quantitative estimate of drug-likeness (QED) is 0.720. The van der Waals surface area contributed by atoms with Crippen LogP contribution in [0.25, 0.3) is 0 Å². The summed E-state index contributed by atoms with van der Waals surface area (Å²) in [6, 6.07) is 0.413. The monoisotopic (exact) mass is 194 g/mol. The molecule has 0 aromatic carbocycles. The van der Waals surface area contributed by atoms with E-state index in [1.165, 1.54) is 19.3 Å². The number of aromatic nitrogens is 2. The highest BCUT2D eigenvalue weighted by Gasteiger charge is 2.20. The van der Waals surface area contributed by atoms with Gasteiger partial charge < -0.3 is 4.74 Å². The lowest BCUT2D eigenvalue weighted by Gasteiger charge is -2.03. The topological polar surface area (TPSA) is 27.1 Å². The van der Waals surface area contributed by atoms with Crippen molar-refractivity contribution in [2.75, 3.05) is 6.61 Å². The molecule has 0 unspecified atom stereocenters. The lowest BCUT2D eigenvalue weighted by Crippen LogP contribution is -2.00. The van der Waals surface area contributed by atoms with Gasteiger partial charge in [0.1, 0.15) is 0 Å². The molecule has 0 bridgehead atoms. The number of nitrogens with zero attached hydrogens (tertiary/aromatic N) is 2. The number of hydrogen-bond donors (Lipinski definition) is 0. The summed E-state index contributed by atoms with van der Waals surface area (Å²) in [6.07, 6.45) is 7.76. The Morgan fingerprint density at radius 1 is 1.57 bits per heavy atom. The van der Waals surface area contributed by atoms with E-state index < -0.39 is 0 Å². The van der Waals surface area contributed by atoms with Gasteiger partial charge in [-0.05, 0) is 26.2 Å². The van der Waals surface area contributed by atoms with Gasteiger partial charge in [0.2, 0.25) is 0 Å². The van der Waals surface area contributed by atoms with Crippen LogP contribution >= 0.6 is 0 Å². The summed E-state index contributed by atoms with van der Waals surface area (Å²) in [7, 11) is 0. The molecule has 2 rings (SSSR count). The van der Waals surface area contributed by atoms with E-state index in [1.54, 1.807) is 6.20 Å². The fourth-order valence-electron chi connectivity index (χ4n) is 1.43. The van der Waals surface area contributed by atoms with Gasteiger partial charge >= 0.3 is 0 Å². The molecule has 3 nitrogen and oxygen atoms in total. The average Bonchev–Trinajstić information content (AvgIpc) is 2.82. The zero-order chi connectivity index (χ0) is 9.97. The molecule has 3 heteroatoms. The van der Waals surface area contributed by atoms with Crippen molar-refractivity contribution in [3.05, 3.63) is 12.4 Å². The van der Waals surface area contributed by atoms with Crippen molar-refractivity contribution in [2.45, 2.75) is 39.2 Å². The van der Waals surface area contributed by atoms with Crippen LogP contribution < -0.4 is 4.74 Å². The Kier molecular flexibility index (Phi) is 2.75. The second-order valence-electron chi connectivity index (χ2n) is 4.33. The molecule has 1 saturated carbocycles. The Morgan fingerprint density at radius 2 is 2.36 bits per heavy atom. The minimum absolute atomic E-state index is 0.413. The van der Waals surface area contributed by atoms with Crippen LogP contribution in [0.15, 0.2) is 12.4 Å². The highest BCUT2D eigenvalue weighted by Crippen LogP contribution is 2.32. The minimum Gasteiger partial charge on any atom is -0.490 e. The van der Waals surface area contributed by atoms with Crippen LogP contribution in [0.3, 0.4) is 0 Å². The molecular weight excluding hydrogens is 176 g/mol. The summed E-state index contributed by atoms with van der Waals surface area (Å²) in [5, 5.41) is 4.22. The van der Waals surface area contributed by atoms with Crippen molar-refractivity contribution in [3.63, 3.8) is 0 Å². The summed E-state index contributed by atoms with van der Waals surface area (Å²) in [6.45, 7) is 5.07. The van der Waals surface area contributed by atoms with Crippen LogP contribution in [0.1, 0.15) is 39.2 Å². The predicted molar refractivity (Wildman–Crippen MR) is 55.4 cm³/mol. The SMILES string of the molecule is CC(C)n1cc(OCCC2CC2)cn1. The molecule has 78 valence electrons. The molecule has 1 aromatic heterocycles. The molecule has 0 radical (unpaired) electrons. The van der Waals surface area contributed by atoms with E-state index >= 15 is 0 Å². The van der Waals surface area contributed by atoms with Crippen molar-refractivity contribution in [1.82, 2.24) is 9.78 Å². The minimum atomic E-state index is 0.413. The fourth-order valence-corrected chi connectivity index (χ4v) is 1.43. The first-order chi connectivity index (χ1) is 6.75. The molecule has 1 aromatic rings. The van der Waals surface area contributed by atoms with Gasteiger partial charge in [-0.15, -0.1) is 0 Å². The number of rotatable bonds is 5. The first kappa shape index (κ1) is 9.56. The van der Waals surface area contributed by atoms with E-state index in [-0.39, 0.29) is 0 Å². The Hall–Kier alpha value is -0.990. The molecule has 0 aliphatic heterocycles. The van der Waals surface area contributed by atoms with Crippen molar-refractivity contribution in [2.24, 2.45) is 5.92 Å². The van der Waals surface area contributed by atoms with Gasteiger partial charge in [-0.25, -0.2) is 0 Å². The molecule has 14 heavy (non-hydrogen) atoms. The molecule has 0 saturated heterocycles. The van der Waals surface area contributed by atoms with Gasteiger partial charge in [-0.1, -0.05) is 12.8 Å². The Labute approximate surface area is 85.1 Å². The van der Waals surface area contributed by atoms with Crippen molar-refractivity contribution in [1.29, 1.82) is 0 Å². The van der Waals surface area contributed by atoms with Gasteiger partial charge in [0, 0.05) is 6.04 Å². The third-order valence-electron chi connectivity index (χ3n) is 2.60.